The third kappa shape index (κ3) is 7.22. The molecule has 1 fully saturated rings. The molecule has 2 N–H and O–H groups in total. The van der Waals surface area contributed by atoms with Crippen molar-refractivity contribution in [3.05, 3.63) is 54.4 Å². The number of aliphatic imine (C=N–C) groups is 1. The van der Waals surface area contributed by atoms with Crippen LogP contribution in [0.5, 0.6) is 11.5 Å². The number of piperidine rings is 1. The lowest BCUT2D eigenvalue weighted by atomic mass is 10.0. The molecule has 0 atom stereocenters. The van der Waals surface area contributed by atoms with E-state index in [1.54, 1.807) is 7.11 Å². The SMILES string of the molecule is CN=C(NCCCOc1cccc(OC)c1)NC1CCN(Cc2ccccn2)CC1. The van der Waals surface area contributed by atoms with Crippen LogP contribution in [-0.4, -0.2) is 62.3 Å². The van der Waals surface area contributed by atoms with Crippen molar-refractivity contribution in [2.24, 2.45) is 4.99 Å². The topological polar surface area (TPSA) is 71.0 Å². The van der Waals surface area contributed by atoms with Crippen LogP contribution in [-0.2, 0) is 6.54 Å². The summed E-state index contributed by atoms with van der Waals surface area (Å²) in [6.45, 7) is 4.51. The molecular weight excluding hydrogens is 378 g/mol. The van der Waals surface area contributed by atoms with Gasteiger partial charge in [-0.25, -0.2) is 0 Å². The van der Waals surface area contributed by atoms with Gasteiger partial charge in [0, 0.05) is 51.5 Å². The summed E-state index contributed by atoms with van der Waals surface area (Å²) in [5, 5.41) is 6.94. The van der Waals surface area contributed by atoms with Crippen molar-refractivity contribution in [2.75, 3.05) is 40.4 Å². The van der Waals surface area contributed by atoms with Crippen molar-refractivity contribution in [1.82, 2.24) is 20.5 Å². The van der Waals surface area contributed by atoms with Crippen molar-refractivity contribution in [3.8, 4) is 11.5 Å². The minimum absolute atomic E-state index is 0.448. The maximum Gasteiger partial charge on any atom is 0.191 e. The van der Waals surface area contributed by atoms with Gasteiger partial charge in [0.15, 0.2) is 5.96 Å². The number of hydrogen-bond acceptors (Lipinski definition) is 5. The molecule has 2 heterocycles. The zero-order chi connectivity index (χ0) is 21.0. The largest absolute Gasteiger partial charge is 0.497 e. The summed E-state index contributed by atoms with van der Waals surface area (Å²) in [5.74, 6) is 2.50. The van der Waals surface area contributed by atoms with E-state index < -0.39 is 0 Å². The van der Waals surface area contributed by atoms with Crippen molar-refractivity contribution in [1.29, 1.82) is 0 Å². The molecule has 3 rings (SSSR count). The fraction of sp³-hybridized carbons (Fsp3) is 0.478. The van der Waals surface area contributed by atoms with Crippen LogP contribution in [0.1, 0.15) is 25.0 Å². The number of aromatic nitrogens is 1. The molecule has 1 aromatic carbocycles. The summed E-state index contributed by atoms with van der Waals surface area (Å²) in [6, 6.07) is 14.2. The Hall–Kier alpha value is -2.80. The second kappa shape index (κ2) is 12.0. The number of nitrogens with one attached hydrogen (secondary N) is 2. The Labute approximate surface area is 179 Å². The number of nitrogens with zero attached hydrogens (tertiary/aromatic N) is 3. The second-order valence-electron chi connectivity index (χ2n) is 7.40. The highest BCUT2D eigenvalue weighted by molar-refractivity contribution is 5.79. The minimum atomic E-state index is 0.448. The number of methoxy groups -OCH3 is 1. The number of benzene rings is 1. The third-order valence-electron chi connectivity index (χ3n) is 5.19. The van der Waals surface area contributed by atoms with Gasteiger partial charge in [0.05, 0.1) is 19.4 Å². The van der Waals surface area contributed by atoms with Crippen LogP contribution in [0.3, 0.4) is 0 Å². The van der Waals surface area contributed by atoms with E-state index in [1.807, 2.05) is 49.6 Å². The van der Waals surface area contributed by atoms with E-state index in [1.165, 1.54) is 0 Å². The second-order valence-corrected chi connectivity index (χ2v) is 7.40. The van der Waals surface area contributed by atoms with Gasteiger partial charge in [-0.05, 0) is 43.5 Å². The Balaban J connectivity index is 1.30. The Bertz CT molecular complexity index is 776. The molecule has 1 aliphatic heterocycles. The summed E-state index contributed by atoms with van der Waals surface area (Å²) in [6.07, 6.45) is 4.96. The molecule has 7 nitrogen and oxygen atoms in total. The van der Waals surface area contributed by atoms with E-state index in [0.717, 1.165) is 68.6 Å². The minimum Gasteiger partial charge on any atom is -0.497 e. The van der Waals surface area contributed by atoms with Gasteiger partial charge in [0.1, 0.15) is 11.5 Å². The van der Waals surface area contributed by atoms with Crippen molar-refractivity contribution < 1.29 is 9.47 Å². The van der Waals surface area contributed by atoms with E-state index in [0.29, 0.717) is 12.6 Å². The highest BCUT2D eigenvalue weighted by Crippen LogP contribution is 2.18. The van der Waals surface area contributed by atoms with Crippen LogP contribution in [0.4, 0.5) is 0 Å². The zero-order valence-electron chi connectivity index (χ0n) is 18.0. The molecular formula is C23H33N5O2. The van der Waals surface area contributed by atoms with Crippen LogP contribution >= 0.6 is 0 Å². The molecule has 0 aliphatic carbocycles. The van der Waals surface area contributed by atoms with E-state index in [2.05, 4.69) is 31.6 Å². The summed E-state index contributed by atoms with van der Waals surface area (Å²) in [5.41, 5.74) is 1.14. The van der Waals surface area contributed by atoms with E-state index in [-0.39, 0.29) is 0 Å². The van der Waals surface area contributed by atoms with Gasteiger partial charge in [-0.1, -0.05) is 12.1 Å². The Morgan fingerprint density at radius 1 is 1.17 bits per heavy atom. The fourth-order valence-corrected chi connectivity index (χ4v) is 3.50. The van der Waals surface area contributed by atoms with Crippen molar-refractivity contribution in [2.45, 2.75) is 31.8 Å². The molecule has 0 radical (unpaired) electrons. The number of guanidine groups is 1. The fourth-order valence-electron chi connectivity index (χ4n) is 3.50. The number of likely N-dealkylation sites (tertiary alicyclic amines) is 1. The molecule has 7 heteroatoms. The number of rotatable bonds is 9. The van der Waals surface area contributed by atoms with Gasteiger partial charge in [0.25, 0.3) is 0 Å². The number of pyridine rings is 1. The van der Waals surface area contributed by atoms with Crippen LogP contribution in [0.2, 0.25) is 0 Å². The molecule has 30 heavy (non-hydrogen) atoms. The van der Waals surface area contributed by atoms with Crippen LogP contribution in [0, 0.1) is 0 Å². The summed E-state index contributed by atoms with van der Waals surface area (Å²) < 4.78 is 11.0. The molecule has 1 aromatic heterocycles. The molecule has 2 aromatic rings. The lowest BCUT2D eigenvalue weighted by molar-refractivity contribution is 0.196. The first kappa shape index (κ1) is 21.9. The van der Waals surface area contributed by atoms with Gasteiger partial charge < -0.3 is 20.1 Å². The van der Waals surface area contributed by atoms with Gasteiger partial charge in [-0.15, -0.1) is 0 Å². The first-order valence-corrected chi connectivity index (χ1v) is 10.6. The van der Waals surface area contributed by atoms with E-state index in [4.69, 9.17) is 9.47 Å². The van der Waals surface area contributed by atoms with Crippen LogP contribution in [0.25, 0.3) is 0 Å². The normalized spacial score (nSPS) is 15.6. The highest BCUT2D eigenvalue weighted by atomic mass is 16.5. The smallest absolute Gasteiger partial charge is 0.191 e. The molecule has 1 aliphatic rings. The van der Waals surface area contributed by atoms with Crippen LogP contribution in [0.15, 0.2) is 53.7 Å². The molecule has 0 saturated carbocycles. The first-order valence-electron chi connectivity index (χ1n) is 10.6. The maximum absolute atomic E-state index is 5.78. The van der Waals surface area contributed by atoms with Gasteiger partial charge in [0.2, 0.25) is 0 Å². The summed E-state index contributed by atoms with van der Waals surface area (Å²) in [7, 11) is 3.48. The predicted octanol–water partition coefficient (Wildman–Crippen LogP) is 2.69. The first-order chi connectivity index (χ1) is 14.8. The van der Waals surface area contributed by atoms with Gasteiger partial charge >= 0.3 is 0 Å². The Morgan fingerprint density at radius 3 is 2.73 bits per heavy atom. The van der Waals surface area contributed by atoms with E-state index in [9.17, 15) is 0 Å². The summed E-state index contributed by atoms with van der Waals surface area (Å²) >= 11 is 0. The summed E-state index contributed by atoms with van der Waals surface area (Å²) in [4.78, 5) is 11.3. The third-order valence-corrected chi connectivity index (χ3v) is 5.19. The Kier molecular flexibility index (Phi) is 8.78. The van der Waals surface area contributed by atoms with Gasteiger partial charge in [-0.2, -0.15) is 0 Å². The number of ether oxygens (including phenoxy) is 2. The van der Waals surface area contributed by atoms with Crippen LogP contribution < -0.4 is 20.1 Å². The van der Waals surface area contributed by atoms with Gasteiger partial charge in [-0.3, -0.25) is 14.9 Å². The lowest BCUT2D eigenvalue weighted by Crippen LogP contribution is -2.48. The standard InChI is InChI=1S/C23H33N5O2/c1-24-23(26-13-6-16-30-22-9-5-8-21(17-22)29-2)27-19-10-14-28(15-11-19)18-20-7-3-4-12-25-20/h3-5,7-9,12,17,19H,6,10-11,13-16,18H2,1-2H3,(H2,24,26,27). The highest BCUT2D eigenvalue weighted by Gasteiger charge is 2.20. The molecule has 162 valence electrons. The zero-order valence-corrected chi connectivity index (χ0v) is 18.0. The molecule has 1 saturated heterocycles. The van der Waals surface area contributed by atoms with E-state index >= 15 is 0 Å². The molecule has 0 amide bonds. The Morgan fingerprint density at radius 2 is 2.00 bits per heavy atom. The van der Waals surface area contributed by atoms with Crippen molar-refractivity contribution >= 4 is 5.96 Å². The lowest BCUT2D eigenvalue weighted by Gasteiger charge is -2.32. The quantitative estimate of drug-likeness (QED) is 0.376. The predicted molar refractivity (Wildman–Crippen MR) is 120 cm³/mol. The average Bonchev–Trinajstić information content (AvgIpc) is 2.80. The number of hydrogen-bond donors (Lipinski definition) is 2. The average molecular weight is 412 g/mol. The van der Waals surface area contributed by atoms with Crippen molar-refractivity contribution in [3.63, 3.8) is 0 Å². The molecule has 0 unspecified atom stereocenters. The molecule has 0 spiro atoms. The monoisotopic (exact) mass is 411 g/mol. The maximum atomic E-state index is 5.78. The molecule has 0 bridgehead atoms.